The van der Waals surface area contributed by atoms with Crippen LogP contribution < -0.4 is 0 Å². The van der Waals surface area contributed by atoms with E-state index in [1.54, 1.807) is 0 Å². The summed E-state index contributed by atoms with van der Waals surface area (Å²) in [4.78, 5) is 56.2. The number of hydrogen-bond donors (Lipinski definition) is 0. The van der Waals surface area contributed by atoms with E-state index in [1.165, 1.54) is 43.4 Å². The van der Waals surface area contributed by atoms with Crippen LogP contribution in [0.3, 0.4) is 0 Å². The molecule has 7 aliphatic rings. The molecular weight excluding hydrogens is 394 g/mol. The molecule has 7 heteroatoms. The highest BCUT2D eigenvalue weighted by molar-refractivity contribution is 6.45. The Morgan fingerprint density at radius 1 is 0.839 bits per heavy atom. The van der Waals surface area contributed by atoms with Crippen molar-refractivity contribution in [2.75, 3.05) is 19.6 Å². The molecule has 2 heterocycles. The Bertz CT molecular complexity index is 803. The Kier molecular flexibility index (Phi) is 4.48. The van der Waals surface area contributed by atoms with E-state index in [2.05, 4.69) is 0 Å². The molecule has 0 N–H and O–H groups in total. The first-order valence-electron chi connectivity index (χ1n) is 12.4. The predicted molar refractivity (Wildman–Crippen MR) is 112 cm³/mol. The van der Waals surface area contributed by atoms with Crippen LogP contribution in [-0.2, 0) is 14.4 Å². The number of amides is 5. The minimum Gasteiger partial charge on any atom is -0.341 e. The Balaban J connectivity index is 1.17. The van der Waals surface area contributed by atoms with Gasteiger partial charge in [-0.05, 0) is 81.0 Å². The fraction of sp³-hybridized carbons (Fsp3) is 0.833. The molecule has 2 aliphatic heterocycles. The van der Waals surface area contributed by atoms with Crippen LogP contribution >= 0.6 is 0 Å². The number of carbonyl (C=O) groups is 4. The van der Waals surface area contributed by atoms with Gasteiger partial charge in [0.2, 0.25) is 5.91 Å². The van der Waals surface area contributed by atoms with E-state index >= 15 is 0 Å². The molecule has 5 saturated carbocycles. The molecule has 5 amide bonds. The third kappa shape index (κ3) is 3.05. The Labute approximate surface area is 183 Å². The van der Waals surface area contributed by atoms with Gasteiger partial charge in [0.1, 0.15) is 6.54 Å². The van der Waals surface area contributed by atoms with Crippen LogP contribution in [0.25, 0.3) is 0 Å². The van der Waals surface area contributed by atoms with Crippen LogP contribution in [0.1, 0.15) is 70.6 Å². The first-order valence-corrected chi connectivity index (χ1v) is 12.4. The number of rotatable bonds is 3. The average molecular weight is 428 g/mol. The first kappa shape index (κ1) is 19.7. The molecule has 7 rings (SSSR count). The van der Waals surface area contributed by atoms with Crippen LogP contribution in [0.15, 0.2) is 0 Å². The maximum absolute atomic E-state index is 13.3. The third-order valence-electron chi connectivity index (χ3n) is 9.47. The van der Waals surface area contributed by atoms with Crippen molar-refractivity contribution < 1.29 is 19.2 Å². The lowest BCUT2D eigenvalue weighted by atomic mass is 9.52. The summed E-state index contributed by atoms with van der Waals surface area (Å²) in [7, 11) is 0. The highest BCUT2D eigenvalue weighted by Crippen LogP contribution is 2.58. The summed E-state index contributed by atoms with van der Waals surface area (Å²) in [5, 5.41) is 0. The van der Waals surface area contributed by atoms with E-state index in [1.807, 2.05) is 4.90 Å². The smallest absolute Gasteiger partial charge is 0.335 e. The van der Waals surface area contributed by atoms with Gasteiger partial charge in [-0.3, -0.25) is 14.4 Å². The molecule has 0 aromatic heterocycles. The molecule has 0 aromatic rings. The molecule has 0 aromatic carbocycles. The summed E-state index contributed by atoms with van der Waals surface area (Å²) < 4.78 is 0. The zero-order chi connectivity index (χ0) is 21.3. The van der Waals surface area contributed by atoms with Gasteiger partial charge in [0, 0.05) is 13.1 Å². The van der Waals surface area contributed by atoms with Gasteiger partial charge in [-0.2, -0.15) is 0 Å². The number of hydrogen-bond acceptors (Lipinski definition) is 4. The summed E-state index contributed by atoms with van der Waals surface area (Å²) in [6, 6.07) is -0.544. The molecule has 2 saturated heterocycles. The molecule has 0 spiro atoms. The molecule has 5 aliphatic carbocycles. The number of urea groups is 1. The highest BCUT2D eigenvalue weighted by Gasteiger charge is 2.61. The zero-order valence-corrected chi connectivity index (χ0v) is 18.3. The minimum absolute atomic E-state index is 0.189. The summed E-state index contributed by atoms with van der Waals surface area (Å²) >= 11 is 0. The van der Waals surface area contributed by atoms with Gasteiger partial charge in [-0.15, -0.1) is 0 Å². The maximum Gasteiger partial charge on any atom is 0.335 e. The van der Waals surface area contributed by atoms with Gasteiger partial charge in [0.15, 0.2) is 0 Å². The molecule has 31 heavy (non-hydrogen) atoms. The van der Waals surface area contributed by atoms with E-state index in [9.17, 15) is 19.2 Å². The molecular formula is C24H33N3O4. The topological polar surface area (TPSA) is 78.0 Å². The van der Waals surface area contributed by atoms with Crippen LogP contribution in [0.2, 0.25) is 0 Å². The van der Waals surface area contributed by atoms with Crippen LogP contribution in [-0.4, -0.2) is 63.6 Å². The number of imide groups is 2. The fourth-order valence-electron chi connectivity index (χ4n) is 8.46. The summed E-state index contributed by atoms with van der Waals surface area (Å²) in [5.74, 6) is 1.25. The number of likely N-dealkylation sites (tertiary alicyclic amines) is 1. The molecule has 7 fully saturated rings. The number of piperidine rings is 1. The second kappa shape index (κ2) is 7.04. The largest absolute Gasteiger partial charge is 0.341 e. The summed E-state index contributed by atoms with van der Waals surface area (Å²) in [6.07, 6.45) is 12.0. The average Bonchev–Trinajstić information content (AvgIpc) is 2.96. The second-order valence-corrected chi connectivity index (χ2v) is 11.4. The molecule has 0 unspecified atom stereocenters. The first-order chi connectivity index (χ1) is 14.9. The number of fused-ring (bicyclic) bond motifs is 1. The lowest BCUT2D eigenvalue weighted by Crippen LogP contribution is -2.62. The van der Waals surface area contributed by atoms with Crippen LogP contribution in [0.5, 0.6) is 0 Å². The van der Waals surface area contributed by atoms with Crippen molar-refractivity contribution in [2.45, 2.75) is 76.2 Å². The van der Waals surface area contributed by atoms with Crippen molar-refractivity contribution in [1.29, 1.82) is 0 Å². The van der Waals surface area contributed by atoms with E-state index in [0.29, 0.717) is 36.1 Å². The van der Waals surface area contributed by atoms with Gasteiger partial charge < -0.3 is 4.90 Å². The Morgan fingerprint density at radius 3 is 2.10 bits per heavy atom. The summed E-state index contributed by atoms with van der Waals surface area (Å²) in [6.45, 7) is 1.14. The van der Waals surface area contributed by atoms with Crippen molar-refractivity contribution in [3.63, 3.8) is 0 Å². The maximum atomic E-state index is 13.3. The predicted octanol–water partition coefficient (Wildman–Crippen LogP) is 2.78. The van der Waals surface area contributed by atoms with Crippen LogP contribution in [0, 0.1) is 29.6 Å². The molecule has 7 nitrogen and oxygen atoms in total. The minimum atomic E-state index is -0.804. The Hall–Kier alpha value is -1.92. The standard InChI is InChI=1S/C24H33N3O4/c28-20(25-6-5-18-3-1-2-4-19(18)13-25)14-26-21(29)22(30)27(23(26)31)24-10-15-7-16(11-24)9-17(8-15)12-24/h15-19H,1-14H2/t15?,16?,17?,18-,19+,24?/m1/s1. The number of carbonyl (C=O) groups excluding carboxylic acids is 4. The van der Waals surface area contributed by atoms with Crippen molar-refractivity contribution in [3.05, 3.63) is 0 Å². The van der Waals surface area contributed by atoms with Crippen LogP contribution in [0.4, 0.5) is 4.79 Å². The van der Waals surface area contributed by atoms with Gasteiger partial charge in [0.25, 0.3) is 0 Å². The quantitative estimate of drug-likeness (QED) is 0.513. The third-order valence-corrected chi connectivity index (χ3v) is 9.47. The van der Waals surface area contributed by atoms with Crippen molar-refractivity contribution in [1.82, 2.24) is 14.7 Å². The van der Waals surface area contributed by atoms with Gasteiger partial charge in [-0.25, -0.2) is 14.6 Å². The van der Waals surface area contributed by atoms with Gasteiger partial charge in [0.05, 0.1) is 5.54 Å². The molecule has 168 valence electrons. The molecule has 0 radical (unpaired) electrons. The SMILES string of the molecule is O=C(CN1C(=O)C(=O)N(C23CC4CC(CC(C4)C2)C3)C1=O)N1CC[C@H]2CCCC[C@H]2C1. The van der Waals surface area contributed by atoms with Crippen molar-refractivity contribution >= 4 is 23.8 Å². The van der Waals surface area contributed by atoms with Gasteiger partial charge in [-0.1, -0.05) is 19.3 Å². The van der Waals surface area contributed by atoms with Gasteiger partial charge >= 0.3 is 17.8 Å². The van der Waals surface area contributed by atoms with Crippen molar-refractivity contribution in [2.24, 2.45) is 29.6 Å². The fourth-order valence-corrected chi connectivity index (χ4v) is 8.46. The molecule has 4 bridgehead atoms. The van der Waals surface area contributed by atoms with Crippen molar-refractivity contribution in [3.8, 4) is 0 Å². The van der Waals surface area contributed by atoms with E-state index in [-0.39, 0.29) is 12.5 Å². The van der Waals surface area contributed by atoms with E-state index < -0.39 is 23.4 Å². The number of nitrogens with zero attached hydrogens (tertiary/aromatic N) is 3. The summed E-state index contributed by atoms with van der Waals surface area (Å²) in [5.41, 5.74) is -0.489. The lowest BCUT2D eigenvalue weighted by Gasteiger charge is -2.58. The Morgan fingerprint density at radius 2 is 1.45 bits per heavy atom. The lowest BCUT2D eigenvalue weighted by molar-refractivity contribution is -0.150. The monoisotopic (exact) mass is 427 g/mol. The normalized spacial score (nSPS) is 41.9. The molecule has 2 atom stereocenters. The zero-order valence-electron chi connectivity index (χ0n) is 18.3. The second-order valence-electron chi connectivity index (χ2n) is 11.4. The van der Waals surface area contributed by atoms with E-state index in [0.717, 1.165) is 43.5 Å². The highest BCUT2D eigenvalue weighted by atomic mass is 16.2. The van der Waals surface area contributed by atoms with E-state index in [4.69, 9.17) is 0 Å².